The number of hydrogen-bond acceptors (Lipinski definition) is 3. The maximum Gasteiger partial charge on any atom is 0.409 e. The Morgan fingerprint density at radius 1 is 1.15 bits per heavy atom. The molecule has 0 aromatic heterocycles. The van der Waals surface area contributed by atoms with Gasteiger partial charge in [-0.2, -0.15) is 0 Å². The highest BCUT2D eigenvalue weighted by Gasteiger charge is 2.26. The van der Waals surface area contributed by atoms with Crippen molar-refractivity contribution in [2.45, 2.75) is 26.4 Å². The fourth-order valence-electron chi connectivity index (χ4n) is 3.82. The predicted octanol–water partition coefficient (Wildman–Crippen LogP) is 4.77. The molecule has 0 bridgehead atoms. The topological polar surface area (TPSA) is 38.8 Å². The zero-order chi connectivity index (χ0) is 18.8. The van der Waals surface area contributed by atoms with E-state index in [1.54, 1.807) is 11.0 Å². The summed E-state index contributed by atoms with van der Waals surface area (Å²) in [6.07, 6.45) is 1.27. The molecule has 1 amide bonds. The Morgan fingerprint density at radius 2 is 1.93 bits per heavy atom. The molecule has 4 rings (SSSR count). The van der Waals surface area contributed by atoms with Crippen LogP contribution in [-0.2, 0) is 11.3 Å². The van der Waals surface area contributed by atoms with E-state index in [9.17, 15) is 9.18 Å². The largest absolute Gasteiger partial charge is 0.488 e. The molecule has 1 fully saturated rings. The van der Waals surface area contributed by atoms with E-state index in [4.69, 9.17) is 9.47 Å². The lowest BCUT2D eigenvalue weighted by atomic mass is 9.86. The summed E-state index contributed by atoms with van der Waals surface area (Å²) in [7, 11) is 0. The van der Waals surface area contributed by atoms with Crippen molar-refractivity contribution in [1.82, 2.24) is 4.90 Å². The molecule has 0 unspecified atom stereocenters. The first kappa shape index (κ1) is 17.6. The molecular formula is C22H22FNO3. The molecule has 0 radical (unpaired) electrons. The van der Waals surface area contributed by atoms with Crippen LogP contribution in [0.5, 0.6) is 5.75 Å². The minimum absolute atomic E-state index is 0.256. The van der Waals surface area contributed by atoms with Gasteiger partial charge in [-0.25, -0.2) is 9.18 Å². The smallest absolute Gasteiger partial charge is 0.409 e. The number of likely N-dealkylation sites (tertiary alicyclic amines) is 1. The van der Waals surface area contributed by atoms with Crippen LogP contribution in [0.15, 0.2) is 48.0 Å². The third-order valence-electron chi connectivity index (χ3n) is 5.13. The second-order valence-corrected chi connectivity index (χ2v) is 6.75. The summed E-state index contributed by atoms with van der Waals surface area (Å²) in [6.45, 7) is 3.85. The summed E-state index contributed by atoms with van der Waals surface area (Å²) in [5.41, 5.74) is 5.51. The highest BCUT2D eigenvalue weighted by Crippen LogP contribution is 2.41. The Labute approximate surface area is 158 Å². The number of piperidine rings is 1. The van der Waals surface area contributed by atoms with E-state index in [0.29, 0.717) is 32.1 Å². The minimum atomic E-state index is -0.304. The number of benzene rings is 2. The first-order valence-electron chi connectivity index (χ1n) is 9.32. The van der Waals surface area contributed by atoms with Gasteiger partial charge in [0.05, 0.1) is 6.61 Å². The Kier molecular flexibility index (Phi) is 4.84. The third kappa shape index (κ3) is 3.42. The summed E-state index contributed by atoms with van der Waals surface area (Å²) in [5, 5.41) is 0. The molecule has 2 heterocycles. The van der Waals surface area contributed by atoms with Gasteiger partial charge in [-0.3, -0.25) is 0 Å². The second kappa shape index (κ2) is 7.43. The van der Waals surface area contributed by atoms with Crippen molar-refractivity contribution in [3.63, 3.8) is 0 Å². The zero-order valence-corrected chi connectivity index (χ0v) is 15.3. The van der Waals surface area contributed by atoms with Gasteiger partial charge < -0.3 is 14.4 Å². The quantitative estimate of drug-likeness (QED) is 0.729. The van der Waals surface area contributed by atoms with E-state index in [-0.39, 0.29) is 11.9 Å². The molecule has 0 N–H and O–H groups in total. The van der Waals surface area contributed by atoms with Gasteiger partial charge in [-0.1, -0.05) is 29.8 Å². The number of amides is 1. The lowest BCUT2D eigenvalue weighted by Gasteiger charge is -2.29. The Morgan fingerprint density at radius 3 is 2.70 bits per heavy atom. The monoisotopic (exact) mass is 367 g/mol. The Hall–Kier alpha value is -2.82. The van der Waals surface area contributed by atoms with Gasteiger partial charge in [0, 0.05) is 24.7 Å². The van der Waals surface area contributed by atoms with Gasteiger partial charge in [0.2, 0.25) is 0 Å². The summed E-state index contributed by atoms with van der Waals surface area (Å²) in [4.78, 5) is 13.7. The van der Waals surface area contributed by atoms with E-state index < -0.39 is 0 Å². The average molecular weight is 367 g/mol. The standard InChI is InChI=1S/C22H22FNO3/c1-2-26-22(25)24-11-9-15(10-12-24)21-18-6-4-3-5-16(18)14-27-20-13-17(23)7-8-19(20)21/h3-8,13H,2,9-12,14H2,1H3. The molecule has 4 nitrogen and oxygen atoms in total. The maximum absolute atomic E-state index is 13.8. The highest BCUT2D eigenvalue weighted by molar-refractivity contribution is 5.87. The van der Waals surface area contributed by atoms with Crippen LogP contribution in [0.25, 0.3) is 5.57 Å². The van der Waals surface area contributed by atoms with Gasteiger partial charge in [-0.15, -0.1) is 0 Å². The van der Waals surface area contributed by atoms with Crippen molar-refractivity contribution in [2.75, 3.05) is 19.7 Å². The molecule has 1 saturated heterocycles. The number of rotatable bonds is 1. The van der Waals surface area contributed by atoms with E-state index in [1.165, 1.54) is 17.7 Å². The summed E-state index contributed by atoms with van der Waals surface area (Å²) >= 11 is 0. The minimum Gasteiger partial charge on any atom is -0.488 e. The van der Waals surface area contributed by atoms with Crippen LogP contribution >= 0.6 is 0 Å². The normalized spacial score (nSPS) is 16.1. The fraction of sp³-hybridized carbons (Fsp3) is 0.318. The van der Waals surface area contributed by atoms with Crippen molar-refractivity contribution in [2.24, 2.45) is 0 Å². The summed E-state index contributed by atoms with van der Waals surface area (Å²) in [5.74, 6) is 0.266. The van der Waals surface area contributed by atoms with Crippen LogP contribution in [0.4, 0.5) is 9.18 Å². The molecule has 0 saturated carbocycles. The first-order chi connectivity index (χ1) is 13.2. The molecule has 0 aliphatic carbocycles. The van der Waals surface area contributed by atoms with Crippen molar-refractivity contribution in [3.8, 4) is 5.75 Å². The van der Waals surface area contributed by atoms with Crippen LogP contribution in [0.3, 0.4) is 0 Å². The lowest BCUT2D eigenvalue weighted by molar-refractivity contribution is 0.104. The molecule has 140 valence electrons. The number of hydrogen-bond donors (Lipinski definition) is 0. The van der Waals surface area contributed by atoms with Crippen LogP contribution in [-0.4, -0.2) is 30.7 Å². The maximum atomic E-state index is 13.8. The van der Waals surface area contributed by atoms with Crippen molar-refractivity contribution in [3.05, 3.63) is 70.5 Å². The summed E-state index contributed by atoms with van der Waals surface area (Å²) in [6, 6.07) is 12.9. The van der Waals surface area contributed by atoms with E-state index in [0.717, 1.165) is 35.1 Å². The number of fused-ring (bicyclic) bond motifs is 2. The van der Waals surface area contributed by atoms with Crippen molar-refractivity contribution >= 4 is 11.7 Å². The number of nitrogens with zero attached hydrogens (tertiary/aromatic N) is 1. The zero-order valence-electron chi connectivity index (χ0n) is 15.3. The Bertz CT molecular complexity index is 896. The molecule has 27 heavy (non-hydrogen) atoms. The second-order valence-electron chi connectivity index (χ2n) is 6.75. The molecule has 2 aliphatic heterocycles. The van der Waals surface area contributed by atoms with Gasteiger partial charge in [0.1, 0.15) is 18.2 Å². The molecule has 0 spiro atoms. The lowest BCUT2D eigenvalue weighted by Crippen LogP contribution is -2.37. The van der Waals surface area contributed by atoms with Gasteiger partial charge in [0.25, 0.3) is 0 Å². The predicted molar refractivity (Wildman–Crippen MR) is 101 cm³/mol. The number of carbonyl (C=O) groups is 1. The highest BCUT2D eigenvalue weighted by atomic mass is 19.1. The molecule has 2 aliphatic rings. The average Bonchev–Trinajstić information content (AvgIpc) is 2.85. The van der Waals surface area contributed by atoms with Crippen molar-refractivity contribution in [1.29, 1.82) is 0 Å². The summed E-state index contributed by atoms with van der Waals surface area (Å²) < 4.78 is 24.8. The van der Waals surface area contributed by atoms with Crippen LogP contribution in [0.1, 0.15) is 36.5 Å². The molecule has 2 aromatic rings. The molecule has 2 aromatic carbocycles. The first-order valence-corrected chi connectivity index (χ1v) is 9.32. The van der Waals surface area contributed by atoms with E-state index >= 15 is 0 Å². The molecule has 0 atom stereocenters. The number of ether oxygens (including phenoxy) is 2. The molecule has 5 heteroatoms. The number of halogens is 1. The van der Waals surface area contributed by atoms with Crippen LogP contribution in [0.2, 0.25) is 0 Å². The van der Waals surface area contributed by atoms with Crippen molar-refractivity contribution < 1.29 is 18.7 Å². The van der Waals surface area contributed by atoms with E-state index in [1.807, 2.05) is 25.1 Å². The van der Waals surface area contributed by atoms with E-state index in [2.05, 4.69) is 6.07 Å². The van der Waals surface area contributed by atoms with Gasteiger partial charge >= 0.3 is 6.09 Å². The number of carbonyl (C=O) groups excluding carboxylic acids is 1. The van der Waals surface area contributed by atoms with Crippen LogP contribution < -0.4 is 4.74 Å². The van der Waals surface area contributed by atoms with Gasteiger partial charge in [0.15, 0.2) is 0 Å². The van der Waals surface area contributed by atoms with Crippen LogP contribution in [0, 0.1) is 5.82 Å². The SMILES string of the molecule is CCOC(=O)N1CCC(=C2c3ccccc3COc3cc(F)ccc32)CC1. The fourth-order valence-corrected chi connectivity index (χ4v) is 3.82. The van der Waals surface area contributed by atoms with Gasteiger partial charge in [-0.05, 0) is 48.6 Å². The Balaban J connectivity index is 1.76. The molecular weight excluding hydrogens is 345 g/mol. The third-order valence-corrected chi connectivity index (χ3v) is 5.13.